The summed E-state index contributed by atoms with van der Waals surface area (Å²) in [6, 6.07) is 29.8. The van der Waals surface area contributed by atoms with Crippen LogP contribution in [0.4, 0.5) is 29.0 Å². The molecule has 0 fully saturated rings. The van der Waals surface area contributed by atoms with Gasteiger partial charge in [-0.05, 0) is 6.07 Å². The van der Waals surface area contributed by atoms with Crippen LogP contribution in [0.3, 0.4) is 0 Å². The third-order valence-corrected chi connectivity index (χ3v) is 7.81. The molecule has 8 aromatic rings. The number of fused-ring (bicyclic) bond motifs is 20. The summed E-state index contributed by atoms with van der Waals surface area (Å²) in [6.07, 6.45) is 0. The van der Waals surface area contributed by atoms with Gasteiger partial charge in [0.05, 0.1) is 11.1 Å². The number of hydrogen-bond donors (Lipinski definition) is 5. The lowest BCUT2D eigenvalue weighted by atomic mass is 10.1. The molecule has 8 bridgehead atoms. The Morgan fingerprint density at radius 3 is 1.26 bits per heavy atom. The first kappa shape index (κ1) is 22.6. The van der Waals surface area contributed by atoms with E-state index in [0.29, 0.717) is 56.3 Å². The molecular weight excluding hydrogens is 524 g/mol. The van der Waals surface area contributed by atoms with Gasteiger partial charge in [0.15, 0.2) is 0 Å². The highest BCUT2D eigenvalue weighted by Crippen LogP contribution is 2.40. The van der Waals surface area contributed by atoms with Crippen molar-refractivity contribution in [2.24, 2.45) is 25.1 Å². The minimum Gasteiger partial charge on any atom is -0.324 e. The molecule has 0 saturated carbocycles. The lowest BCUT2D eigenvalue weighted by Crippen LogP contribution is -2.10. The van der Waals surface area contributed by atoms with Gasteiger partial charge >= 0.3 is 0 Å². The summed E-state index contributed by atoms with van der Waals surface area (Å²) in [5.41, 5.74) is 11.0. The maximum absolute atomic E-state index is 7.86. The van der Waals surface area contributed by atoms with Gasteiger partial charge in [-0.2, -0.15) is 5.11 Å². The molecule has 10 heteroatoms. The molecule has 0 spiro atoms. The number of aromatic amines is 4. The van der Waals surface area contributed by atoms with E-state index in [2.05, 4.69) is 25.1 Å². The van der Waals surface area contributed by atoms with E-state index in [4.69, 9.17) is 25.5 Å². The maximum Gasteiger partial charge on any atom is 0.144 e. The van der Waals surface area contributed by atoms with Gasteiger partial charge in [0.25, 0.3) is 0 Å². The van der Waals surface area contributed by atoms with Crippen LogP contribution in [0.2, 0.25) is 0 Å². The second-order valence-corrected chi connectivity index (χ2v) is 10.2. The number of nitrogens with zero attached hydrogens (tertiary/aromatic N) is 5. The average Bonchev–Trinajstić information content (AvgIpc) is 3.76. The summed E-state index contributed by atoms with van der Waals surface area (Å²) in [6.45, 7) is 0. The molecule has 1 aliphatic rings. The van der Waals surface area contributed by atoms with Crippen molar-refractivity contribution in [1.29, 1.82) is 5.53 Å². The molecule has 42 heavy (non-hydrogen) atoms. The summed E-state index contributed by atoms with van der Waals surface area (Å²) in [5.74, 6) is 2.55. The SMILES string of the molecule is N=Nc1cccc2c3[nH]c(c12)N=c1[nH]c(c2ccccc12)=Nc1[nH]c(c2ccccc12)N=c1[nH]c(c2ccccc12)=N3. The molecule has 1 aliphatic heterocycles. The van der Waals surface area contributed by atoms with E-state index < -0.39 is 0 Å². The maximum atomic E-state index is 7.86. The minimum atomic E-state index is 0.500. The van der Waals surface area contributed by atoms with E-state index in [1.807, 2.05) is 84.9 Å². The molecule has 4 aromatic carbocycles. The Labute approximate surface area is 235 Å². The van der Waals surface area contributed by atoms with Gasteiger partial charge in [-0.3, -0.25) is 0 Å². The van der Waals surface area contributed by atoms with E-state index in [1.165, 1.54) is 0 Å². The van der Waals surface area contributed by atoms with Crippen molar-refractivity contribution in [1.82, 2.24) is 19.9 Å². The fourth-order valence-electron chi connectivity index (χ4n) is 5.90. The van der Waals surface area contributed by atoms with E-state index >= 15 is 0 Å². The highest BCUT2D eigenvalue weighted by atomic mass is 15.1. The first-order chi connectivity index (χ1) is 20.7. The molecule has 0 unspecified atom stereocenters. The van der Waals surface area contributed by atoms with Crippen LogP contribution in [0.1, 0.15) is 0 Å². The molecule has 0 radical (unpaired) electrons. The zero-order chi connectivity index (χ0) is 27.8. The molecule has 4 aromatic heterocycles. The van der Waals surface area contributed by atoms with Crippen LogP contribution in [0, 0.1) is 5.53 Å². The normalized spacial score (nSPS) is 12.7. The fraction of sp³-hybridized carbons (Fsp3) is 0. The van der Waals surface area contributed by atoms with E-state index in [-0.39, 0.29) is 0 Å². The molecule has 0 amide bonds. The predicted molar refractivity (Wildman–Crippen MR) is 161 cm³/mol. The quantitative estimate of drug-likeness (QED) is 0.146. The van der Waals surface area contributed by atoms with Crippen molar-refractivity contribution in [3.05, 3.63) is 113 Å². The van der Waals surface area contributed by atoms with Crippen molar-refractivity contribution >= 4 is 72.0 Å². The summed E-state index contributed by atoms with van der Waals surface area (Å²) >= 11 is 0. The predicted octanol–water partition coefficient (Wildman–Crippen LogP) is 6.39. The number of H-pyrrole nitrogens is 4. The van der Waals surface area contributed by atoms with Gasteiger partial charge in [0, 0.05) is 37.7 Å². The lowest BCUT2D eigenvalue weighted by Gasteiger charge is -1.96. The molecule has 198 valence electrons. The first-order valence-corrected chi connectivity index (χ1v) is 13.5. The Hall–Kier alpha value is -6.16. The van der Waals surface area contributed by atoms with Crippen LogP contribution in [-0.4, -0.2) is 19.9 Å². The first-order valence-electron chi connectivity index (χ1n) is 13.5. The summed E-state index contributed by atoms with van der Waals surface area (Å²) < 4.78 is 0. The molecule has 10 nitrogen and oxygen atoms in total. The number of nitrogens with one attached hydrogen (secondary N) is 5. The van der Waals surface area contributed by atoms with Crippen LogP contribution in [0.5, 0.6) is 0 Å². The number of aromatic nitrogens is 4. The minimum absolute atomic E-state index is 0.500. The van der Waals surface area contributed by atoms with Crippen molar-refractivity contribution < 1.29 is 0 Å². The lowest BCUT2D eigenvalue weighted by molar-refractivity contribution is 1.08. The van der Waals surface area contributed by atoms with E-state index in [9.17, 15) is 0 Å². The van der Waals surface area contributed by atoms with Crippen molar-refractivity contribution in [3.8, 4) is 0 Å². The third-order valence-electron chi connectivity index (χ3n) is 7.81. The highest BCUT2D eigenvalue weighted by Gasteiger charge is 2.16. The van der Waals surface area contributed by atoms with Crippen molar-refractivity contribution in [3.63, 3.8) is 0 Å². The zero-order valence-electron chi connectivity index (χ0n) is 21.9. The summed E-state index contributed by atoms with van der Waals surface area (Å²) in [4.78, 5) is 34.0. The van der Waals surface area contributed by atoms with Gasteiger partial charge in [-0.1, -0.05) is 84.9 Å². The number of rotatable bonds is 1. The molecule has 5 heterocycles. The van der Waals surface area contributed by atoms with Gasteiger partial charge in [-0.15, -0.1) is 0 Å². The molecular formula is C32H20N10. The second kappa shape index (κ2) is 8.42. The molecule has 0 saturated heterocycles. The Kier molecular flexibility index (Phi) is 4.54. The van der Waals surface area contributed by atoms with E-state index in [0.717, 1.165) is 37.7 Å². The molecule has 5 N–H and O–H groups in total. The molecule has 0 aliphatic carbocycles. The van der Waals surface area contributed by atoms with Gasteiger partial charge in [0.2, 0.25) is 0 Å². The Balaban J connectivity index is 1.52. The van der Waals surface area contributed by atoms with Gasteiger partial charge in [-0.25, -0.2) is 25.5 Å². The largest absolute Gasteiger partial charge is 0.324 e. The standard InChI is InChI=1S/C32H20N10/c33-42-23-15-7-14-22-24(23)32-40-30-21-13-6-5-12-20(21)28(38-30)36-26-17-9-2-1-8-16(17)25(34-26)35-27-18-10-3-4-11-19(18)29(37-27)39-31(22)41-32/h1-15,33H,(H4,34,35,36,37,38,39,40,41). The van der Waals surface area contributed by atoms with Crippen molar-refractivity contribution in [2.75, 3.05) is 0 Å². The van der Waals surface area contributed by atoms with Gasteiger partial charge < -0.3 is 19.9 Å². The molecule has 9 rings (SSSR count). The number of benzene rings is 4. The Morgan fingerprint density at radius 2 is 0.786 bits per heavy atom. The monoisotopic (exact) mass is 544 g/mol. The van der Waals surface area contributed by atoms with Crippen LogP contribution >= 0.6 is 0 Å². The summed E-state index contributed by atoms with van der Waals surface area (Å²) in [5, 5.41) is 11.0. The van der Waals surface area contributed by atoms with Crippen LogP contribution in [-0.2, 0) is 0 Å². The Morgan fingerprint density at radius 1 is 0.405 bits per heavy atom. The molecule has 0 atom stereocenters. The average molecular weight is 545 g/mol. The van der Waals surface area contributed by atoms with Crippen LogP contribution in [0.25, 0.3) is 43.1 Å². The number of hydrogen-bond acceptors (Lipinski definition) is 6. The highest BCUT2D eigenvalue weighted by molar-refractivity contribution is 6.06. The van der Waals surface area contributed by atoms with Gasteiger partial charge in [0.1, 0.15) is 45.2 Å². The summed E-state index contributed by atoms with van der Waals surface area (Å²) in [7, 11) is 0. The van der Waals surface area contributed by atoms with Crippen LogP contribution < -0.4 is 22.0 Å². The Bertz CT molecular complexity index is 2660. The smallest absolute Gasteiger partial charge is 0.144 e. The third kappa shape index (κ3) is 3.20. The second-order valence-electron chi connectivity index (χ2n) is 10.2. The van der Waals surface area contributed by atoms with E-state index in [1.54, 1.807) is 6.07 Å². The van der Waals surface area contributed by atoms with Crippen molar-refractivity contribution in [2.45, 2.75) is 0 Å². The van der Waals surface area contributed by atoms with Crippen LogP contribution in [0.15, 0.2) is 116 Å². The zero-order valence-corrected chi connectivity index (χ0v) is 21.9. The fourth-order valence-corrected chi connectivity index (χ4v) is 5.90. The topological polar surface area (TPSA) is 149 Å².